The first kappa shape index (κ1) is 10.2. The SMILES string of the molecule is C#CCC(C)(O)c1cc2ccccc2s1. The molecule has 15 heavy (non-hydrogen) atoms. The molecule has 1 N–H and O–H groups in total. The third-order valence-electron chi connectivity index (χ3n) is 2.40. The smallest absolute Gasteiger partial charge is 0.107 e. The molecule has 1 aromatic heterocycles. The number of hydrogen-bond acceptors (Lipinski definition) is 2. The molecule has 0 aliphatic carbocycles. The van der Waals surface area contributed by atoms with Crippen LogP contribution in [0.4, 0.5) is 0 Å². The van der Waals surface area contributed by atoms with Gasteiger partial charge >= 0.3 is 0 Å². The molecule has 1 nitrogen and oxygen atoms in total. The van der Waals surface area contributed by atoms with Gasteiger partial charge in [-0.1, -0.05) is 18.2 Å². The summed E-state index contributed by atoms with van der Waals surface area (Å²) in [4.78, 5) is 0.932. The molecule has 0 bridgehead atoms. The molecule has 0 amide bonds. The predicted octanol–water partition coefficient (Wildman–Crippen LogP) is 3.13. The van der Waals surface area contributed by atoms with Crippen molar-refractivity contribution in [3.8, 4) is 12.3 Å². The molecule has 76 valence electrons. The van der Waals surface area contributed by atoms with Gasteiger partial charge in [0.15, 0.2) is 0 Å². The van der Waals surface area contributed by atoms with E-state index in [-0.39, 0.29) is 0 Å². The van der Waals surface area contributed by atoms with Crippen molar-refractivity contribution < 1.29 is 5.11 Å². The second-order valence-corrected chi connectivity index (χ2v) is 4.89. The number of terminal acetylenes is 1. The summed E-state index contributed by atoms with van der Waals surface area (Å²) < 4.78 is 1.18. The Morgan fingerprint density at radius 1 is 1.47 bits per heavy atom. The second kappa shape index (κ2) is 3.69. The zero-order valence-corrected chi connectivity index (χ0v) is 9.34. The number of rotatable bonds is 2. The van der Waals surface area contributed by atoms with Gasteiger partial charge in [0.1, 0.15) is 5.60 Å². The fraction of sp³-hybridized carbons (Fsp3) is 0.231. The number of benzene rings is 1. The predicted molar refractivity (Wildman–Crippen MR) is 64.8 cm³/mol. The fourth-order valence-electron chi connectivity index (χ4n) is 1.53. The molecule has 0 saturated heterocycles. The van der Waals surface area contributed by atoms with E-state index in [2.05, 4.69) is 12.0 Å². The topological polar surface area (TPSA) is 20.2 Å². The maximum absolute atomic E-state index is 10.2. The van der Waals surface area contributed by atoms with Gasteiger partial charge in [-0.3, -0.25) is 0 Å². The first-order valence-corrected chi connectivity index (χ1v) is 5.60. The monoisotopic (exact) mass is 216 g/mol. The van der Waals surface area contributed by atoms with Crippen LogP contribution in [0, 0.1) is 12.3 Å². The van der Waals surface area contributed by atoms with Crippen LogP contribution in [0.5, 0.6) is 0 Å². The summed E-state index contributed by atoms with van der Waals surface area (Å²) in [5, 5.41) is 11.3. The Labute approximate surface area is 93.4 Å². The van der Waals surface area contributed by atoms with E-state index < -0.39 is 5.60 Å². The van der Waals surface area contributed by atoms with Crippen molar-refractivity contribution in [2.75, 3.05) is 0 Å². The maximum atomic E-state index is 10.2. The summed E-state index contributed by atoms with van der Waals surface area (Å²) >= 11 is 1.60. The van der Waals surface area contributed by atoms with Gasteiger partial charge in [-0.2, -0.15) is 0 Å². The Morgan fingerprint density at radius 2 is 2.20 bits per heavy atom. The van der Waals surface area contributed by atoms with Crippen LogP contribution in [0.3, 0.4) is 0 Å². The first-order chi connectivity index (χ1) is 7.13. The van der Waals surface area contributed by atoms with E-state index in [0.717, 1.165) is 10.3 Å². The van der Waals surface area contributed by atoms with E-state index in [1.54, 1.807) is 18.3 Å². The molecule has 0 aliphatic heterocycles. The number of thiophene rings is 1. The molecule has 0 spiro atoms. The van der Waals surface area contributed by atoms with Crippen LogP contribution in [0.25, 0.3) is 10.1 Å². The normalized spacial score (nSPS) is 14.7. The van der Waals surface area contributed by atoms with Crippen LogP contribution in [-0.2, 0) is 5.60 Å². The summed E-state index contributed by atoms with van der Waals surface area (Å²) in [5.41, 5.74) is -0.904. The lowest BCUT2D eigenvalue weighted by Gasteiger charge is -2.18. The summed E-state index contributed by atoms with van der Waals surface area (Å²) in [5.74, 6) is 2.51. The van der Waals surface area contributed by atoms with Crippen molar-refractivity contribution in [1.29, 1.82) is 0 Å². The van der Waals surface area contributed by atoms with E-state index in [1.165, 1.54) is 4.70 Å². The highest BCUT2D eigenvalue weighted by molar-refractivity contribution is 7.19. The third-order valence-corrected chi connectivity index (χ3v) is 3.77. The molecule has 1 heterocycles. The molecule has 2 rings (SSSR count). The number of fused-ring (bicyclic) bond motifs is 1. The summed E-state index contributed by atoms with van der Waals surface area (Å²) in [6, 6.07) is 10.1. The Balaban J connectivity index is 2.50. The highest BCUT2D eigenvalue weighted by Crippen LogP contribution is 2.34. The van der Waals surface area contributed by atoms with Gasteiger partial charge in [0, 0.05) is 16.0 Å². The molecule has 1 unspecified atom stereocenters. The van der Waals surface area contributed by atoms with Crippen LogP contribution in [-0.4, -0.2) is 5.11 Å². The van der Waals surface area contributed by atoms with Gasteiger partial charge in [-0.15, -0.1) is 23.7 Å². The van der Waals surface area contributed by atoms with Crippen molar-refractivity contribution in [3.05, 3.63) is 35.2 Å². The van der Waals surface area contributed by atoms with Gasteiger partial charge in [0.25, 0.3) is 0 Å². The van der Waals surface area contributed by atoms with E-state index in [9.17, 15) is 5.11 Å². The Hall–Kier alpha value is -1.30. The van der Waals surface area contributed by atoms with E-state index in [1.807, 2.05) is 24.3 Å². The molecule has 2 aromatic rings. The standard InChI is InChI=1S/C13H12OS/c1-3-8-13(2,14)12-9-10-6-4-5-7-11(10)15-12/h1,4-7,9,14H,8H2,2H3. The molecule has 2 heteroatoms. The van der Waals surface area contributed by atoms with Crippen LogP contribution < -0.4 is 0 Å². The molecular formula is C13H12OS. The molecular weight excluding hydrogens is 204 g/mol. The molecule has 1 aromatic carbocycles. The van der Waals surface area contributed by atoms with Crippen LogP contribution in [0.2, 0.25) is 0 Å². The Morgan fingerprint density at radius 3 is 2.87 bits per heavy atom. The summed E-state index contributed by atoms with van der Waals surface area (Å²) in [6.45, 7) is 1.76. The summed E-state index contributed by atoms with van der Waals surface area (Å²) in [6.07, 6.45) is 5.59. The minimum Gasteiger partial charge on any atom is -0.384 e. The Kier molecular flexibility index (Phi) is 2.52. The zero-order chi connectivity index (χ0) is 10.9. The minimum atomic E-state index is -0.904. The largest absolute Gasteiger partial charge is 0.384 e. The van der Waals surface area contributed by atoms with Crippen molar-refractivity contribution in [3.63, 3.8) is 0 Å². The molecule has 0 aliphatic rings. The quantitative estimate of drug-likeness (QED) is 0.765. The lowest BCUT2D eigenvalue weighted by Crippen LogP contribution is -2.18. The third kappa shape index (κ3) is 1.90. The van der Waals surface area contributed by atoms with Crippen LogP contribution >= 0.6 is 11.3 Å². The molecule has 0 fully saturated rings. The minimum absolute atomic E-state index is 0.347. The second-order valence-electron chi connectivity index (χ2n) is 3.80. The number of hydrogen-bond donors (Lipinski definition) is 1. The van der Waals surface area contributed by atoms with Crippen LogP contribution in [0.1, 0.15) is 18.2 Å². The van der Waals surface area contributed by atoms with Crippen molar-refractivity contribution in [1.82, 2.24) is 0 Å². The maximum Gasteiger partial charge on any atom is 0.107 e. The highest BCUT2D eigenvalue weighted by atomic mass is 32.1. The summed E-state index contributed by atoms with van der Waals surface area (Å²) in [7, 11) is 0. The fourth-order valence-corrected chi connectivity index (χ4v) is 2.64. The van der Waals surface area contributed by atoms with Crippen LogP contribution in [0.15, 0.2) is 30.3 Å². The lowest BCUT2D eigenvalue weighted by atomic mass is 10.0. The average Bonchev–Trinajstić information content (AvgIpc) is 2.61. The van der Waals surface area contributed by atoms with Gasteiger partial charge in [-0.25, -0.2) is 0 Å². The van der Waals surface area contributed by atoms with Gasteiger partial charge in [0.2, 0.25) is 0 Å². The molecule has 0 radical (unpaired) electrons. The number of aliphatic hydroxyl groups is 1. The van der Waals surface area contributed by atoms with E-state index in [0.29, 0.717) is 6.42 Å². The van der Waals surface area contributed by atoms with Crippen molar-refractivity contribution in [2.45, 2.75) is 18.9 Å². The van der Waals surface area contributed by atoms with Crippen molar-refractivity contribution in [2.24, 2.45) is 0 Å². The van der Waals surface area contributed by atoms with E-state index in [4.69, 9.17) is 6.42 Å². The molecule has 0 saturated carbocycles. The highest BCUT2D eigenvalue weighted by Gasteiger charge is 2.24. The van der Waals surface area contributed by atoms with Gasteiger partial charge in [-0.05, 0) is 24.4 Å². The lowest BCUT2D eigenvalue weighted by molar-refractivity contribution is 0.0669. The average molecular weight is 216 g/mol. The van der Waals surface area contributed by atoms with Gasteiger partial charge in [0.05, 0.1) is 0 Å². The van der Waals surface area contributed by atoms with Crippen molar-refractivity contribution >= 4 is 21.4 Å². The zero-order valence-electron chi connectivity index (χ0n) is 8.53. The Bertz CT molecular complexity index is 484. The van der Waals surface area contributed by atoms with Gasteiger partial charge < -0.3 is 5.11 Å². The molecule has 1 atom stereocenters. The van der Waals surface area contributed by atoms with E-state index >= 15 is 0 Å². The first-order valence-electron chi connectivity index (χ1n) is 4.78.